The van der Waals surface area contributed by atoms with E-state index in [1.54, 1.807) is 12.1 Å². The van der Waals surface area contributed by atoms with Gasteiger partial charge in [0.25, 0.3) is 0 Å². The molecule has 4 rings (SSSR count). The van der Waals surface area contributed by atoms with Crippen molar-refractivity contribution in [1.82, 2.24) is 0 Å². The summed E-state index contributed by atoms with van der Waals surface area (Å²) in [6, 6.07) is 5.28. The van der Waals surface area contributed by atoms with Gasteiger partial charge in [0.15, 0.2) is 0 Å². The topological polar surface area (TPSA) is 80.7 Å². The van der Waals surface area contributed by atoms with E-state index in [9.17, 15) is 13.2 Å². The van der Waals surface area contributed by atoms with Gasteiger partial charge in [0.1, 0.15) is 11.5 Å². The van der Waals surface area contributed by atoms with E-state index in [2.05, 4.69) is 11.1 Å². The van der Waals surface area contributed by atoms with Crippen LogP contribution >= 0.6 is 0 Å². The first-order valence-corrected chi connectivity index (χ1v) is 9.97. The van der Waals surface area contributed by atoms with Crippen LogP contribution in [-0.4, -0.2) is 18.8 Å². The summed E-state index contributed by atoms with van der Waals surface area (Å²) >= 11 is 0. The Morgan fingerprint density at radius 3 is 2.75 bits per heavy atom. The van der Waals surface area contributed by atoms with Crippen LogP contribution < -0.4 is 4.18 Å². The third-order valence-electron chi connectivity index (χ3n) is 6.61. The van der Waals surface area contributed by atoms with Crippen molar-refractivity contribution in [2.45, 2.75) is 51.4 Å². The molecule has 0 heterocycles. The van der Waals surface area contributed by atoms with E-state index in [0.717, 1.165) is 44.1 Å². The molecule has 0 aromatic heterocycles. The molecule has 0 unspecified atom stereocenters. The Labute approximate surface area is 142 Å². The summed E-state index contributed by atoms with van der Waals surface area (Å²) in [6.45, 7) is 2.15. The molecule has 0 amide bonds. The van der Waals surface area contributed by atoms with Gasteiger partial charge in [-0.05, 0) is 73.1 Å². The maximum absolute atomic E-state index is 12.3. The number of carbonyl (C=O) groups is 1. The summed E-state index contributed by atoms with van der Waals surface area (Å²) in [7, 11) is -4.49. The molecule has 130 valence electrons. The van der Waals surface area contributed by atoms with E-state index in [1.165, 1.54) is 5.56 Å². The van der Waals surface area contributed by atoms with Gasteiger partial charge in [0.2, 0.25) is 0 Å². The Balaban J connectivity index is 1.65. The average molecular weight is 350 g/mol. The molecular weight excluding hydrogens is 328 g/mol. The second-order valence-electron chi connectivity index (χ2n) is 7.71. The number of hydrogen-bond acceptors (Lipinski definition) is 4. The molecule has 0 radical (unpaired) electrons. The molecular formula is C18H22O5S. The van der Waals surface area contributed by atoms with Crippen LogP contribution in [0, 0.1) is 17.3 Å². The molecule has 0 aliphatic heterocycles. The zero-order chi connectivity index (χ0) is 17.1. The largest absolute Gasteiger partial charge is 0.446 e. The molecule has 1 aromatic carbocycles. The Hall–Kier alpha value is -1.40. The van der Waals surface area contributed by atoms with Crippen molar-refractivity contribution in [1.29, 1.82) is 0 Å². The molecule has 0 saturated heterocycles. The van der Waals surface area contributed by atoms with Crippen LogP contribution in [0.25, 0.3) is 0 Å². The van der Waals surface area contributed by atoms with Crippen molar-refractivity contribution in [2.24, 2.45) is 17.3 Å². The highest BCUT2D eigenvalue weighted by Gasteiger charge is 2.54. The number of ketones is 1. The van der Waals surface area contributed by atoms with Gasteiger partial charge in [-0.3, -0.25) is 9.35 Å². The van der Waals surface area contributed by atoms with E-state index < -0.39 is 10.4 Å². The molecule has 2 fully saturated rings. The van der Waals surface area contributed by atoms with Crippen LogP contribution in [0.3, 0.4) is 0 Å². The number of fused-ring (bicyclic) bond motifs is 5. The van der Waals surface area contributed by atoms with E-state index in [-0.39, 0.29) is 11.2 Å². The normalized spacial score (nSPS) is 35.1. The summed E-state index contributed by atoms with van der Waals surface area (Å²) in [6.07, 6.45) is 5.57. The van der Waals surface area contributed by atoms with Gasteiger partial charge in [-0.15, -0.1) is 0 Å². The van der Waals surface area contributed by atoms with E-state index >= 15 is 0 Å². The first-order chi connectivity index (χ1) is 11.3. The van der Waals surface area contributed by atoms with Crippen LogP contribution in [-0.2, 0) is 21.6 Å². The molecule has 4 atom stereocenters. The van der Waals surface area contributed by atoms with Crippen molar-refractivity contribution < 1.29 is 21.9 Å². The zero-order valence-electron chi connectivity index (χ0n) is 13.7. The van der Waals surface area contributed by atoms with Crippen LogP contribution in [0.15, 0.2) is 18.2 Å². The van der Waals surface area contributed by atoms with Crippen molar-refractivity contribution in [2.75, 3.05) is 0 Å². The predicted molar refractivity (Wildman–Crippen MR) is 88.2 cm³/mol. The molecule has 6 heteroatoms. The fourth-order valence-corrected chi connectivity index (χ4v) is 5.85. The van der Waals surface area contributed by atoms with Crippen LogP contribution in [0.1, 0.15) is 56.1 Å². The highest BCUT2D eigenvalue weighted by Crippen LogP contribution is 2.59. The molecule has 0 spiro atoms. The summed E-state index contributed by atoms with van der Waals surface area (Å²) in [5.74, 6) is 2.05. The lowest BCUT2D eigenvalue weighted by atomic mass is 9.55. The van der Waals surface area contributed by atoms with Crippen molar-refractivity contribution in [3.05, 3.63) is 29.3 Å². The van der Waals surface area contributed by atoms with E-state index in [1.807, 2.05) is 6.07 Å². The maximum Gasteiger partial charge on any atom is 0.446 e. The van der Waals surface area contributed by atoms with Crippen LogP contribution in [0.2, 0.25) is 0 Å². The summed E-state index contributed by atoms with van der Waals surface area (Å²) in [5, 5.41) is 0. The molecule has 3 aliphatic carbocycles. The molecule has 24 heavy (non-hydrogen) atoms. The van der Waals surface area contributed by atoms with Crippen LogP contribution in [0.5, 0.6) is 5.75 Å². The quantitative estimate of drug-likeness (QED) is 0.828. The second kappa shape index (κ2) is 5.30. The lowest BCUT2D eigenvalue weighted by molar-refractivity contribution is -0.129. The van der Waals surface area contributed by atoms with Gasteiger partial charge in [0.05, 0.1) is 0 Å². The molecule has 0 bridgehead atoms. The highest BCUT2D eigenvalue weighted by molar-refractivity contribution is 7.81. The van der Waals surface area contributed by atoms with Gasteiger partial charge in [0, 0.05) is 11.8 Å². The monoisotopic (exact) mass is 350 g/mol. The number of aryl methyl sites for hydroxylation is 1. The zero-order valence-corrected chi connectivity index (χ0v) is 14.5. The van der Waals surface area contributed by atoms with Gasteiger partial charge in [-0.1, -0.05) is 13.0 Å². The number of Topliss-reactive ketones (excluding diaryl/α,β-unsaturated/α-hetero) is 1. The Bertz CT molecular complexity index is 800. The Kier molecular flexibility index (Phi) is 3.55. The minimum absolute atomic E-state index is 0.132. The fourth-order valence-electron chi connectivity index (χ4n) is 5.50. The Morgan fingerprint density at radius 2 is 2.00 bits per heavy atom. The predicted octanol–water partition coefficient (Wildman–Crippen LogP) is 3.29. The SMILES string of the molecule is C[C@]12CC[C@@H]3c4ccc(OS(=O)(=O)O)cc4CC[C@@H]3[C@H]1CCC2=O. The standard InChI is InChI=1S/C18H22O5S/c1-18-9-8-14-13-5-3-12(23-24(20,21)22)10-11(13)2-4-15(14)16(18)6-7-17(18)19/h3,5,10,14-16H,2,4,6-9H2,1H3,(H,20,21,22)/t14-,15+,16-,18+/m1/s1. The maximum atomic E-state index is 12.3. The lowest BCUT2D eigenvalue weighted by Gasteiger charge is -2.48. The fraction of sp³-hybridized carbons (Fsp3) is 0.611. The first kappa shape index (κ1) is 16.1. The number of benzene rings is 1. The smallest absolute Gasteiger partial charge is 0.362 e. The lowest BCUT2D eigenvalue weighted by Crippen LogP contribution is -2.42. The van der Waals surface area contributed by atoms with Crippen LogP contribution in [0.4, 0.5) is 0 Å². The Morgan fingerprint density at radius 1 is 1.21 bits per heavy atom. The second-order valence-corrected chi connectivity index (χ2v) is 8.73. The molecule has 1 N–H and O–H groups in total. The third-order valence-corrected chi connectivity index (χ3v) is 7.01. The van der Waals surface area contributed by atoms with Crippen molar-refractivity contribution in [3.63, 3.8) is 0 Å². The number of hydrogen-bond donors (Lipinski definition) is 1. The first-order valence-electron chi connectivity index (χ1n) is 8.61. The summed E-state index contributed by atoms with van der Waals surface area (Å²) in [4.78, 5) is 12.3. The number of carbonyl (C=O) groups excluding carboxylic acids is 1. The average Bonchev–Trinajstić information content (AvgIpc) is 2.81. The minimum Gasteiger partial charge on any atom is -0.362 e. The van der Waals surface area contributed by atoms with E-state index in [0.29, 0.717) is 23.5 Å². The minimum atomic E-state index is -4.49. The third kappa shape index (κ3) is 2.47. The van der Waals surface area contributed by atoms with Gasteiger partial charge in [-0.2, -0.15) is 8.42 Å². The number of rotatable bonds is 2. The van der Waals surface area contributed by atoms with Crippen molar-refractivity contribution in [3.8, 4) is 5.75 Å². The summed E-state index contributed by atoms with van der Waals surface area (Å²) in [5.41, 5.74) is 2.23. The van der Waals surface area contributed by atoms with Gasteiger partial charge >= 0.3 is 10.4 Å². The molecule has 1 aromatic rings. The molecule has 5 nitrogen and oxygen atoms in total. The summed E-state index contributed by atoms with van der Waals surface area (Å²) < 4.78 is 35.2. The van der Waals surface area contributed by atoms with Crippen molar-refractivity contribution >= 4 is 16.2 Å². The molecule has 2 saturated carbocycles. The van der Waals surface area contributed by atoms with Gasteiger partial charge < -0.3 is 4.18 Å². The van der Waals surface area contributed by atoms with E-state index in [4.69, 9.17) is 4.55 Å². The molecule has 3 aliphatic rings. The highest BCUT2D eigenvalue weighted by atomic mass is 32.3. The van der Waals surface area contributed by atoms with Gasteiger partial charge in [-0.25, -0.2) is 0 Å².